The molecular weight excluding hydrogens is 927 g/mol. The second-order valence-electron chi connectivity index (χ2n) is 20.3. The highest BCUT2D eigenvalue weighted by Crippen LogP contribution is 2.32. The Hall–Kier alpha value is -6.46. The molecule has 392 valence electrons. The van der Waals surface area contributed by atoms with E-state index in [1.807, 2.05) is 36.4 Å². The Bertz CT molecular complexity index is 2350. The number of nitrogen functional groups attached to an aromatic ring is 1. The summed E-state index contributed by atoms with van der Waals surface area (Å²) in [4.78, 5) is 113. The summed E-state index contributed by atoms with van der Waals surface area (Å²) in [6, 6.07) is 15.8. The summed E-state index contributed by atoms with van der Waals surface area (Å²) in [6.07, 6.45) is 8.33. The summed E-state index contributed by atoms with van der Waals surface area (Å²) in [7, 11) is 3.28. The molecule has 0 radical (unpaired) electrons. The lowest BCUT2D eigenvalue weighted by atomic mass is 9.87. The molecule has 8 N–H and O–H groups in total. The molecule has 0 spiro atoms. The molecule has 73 heavy (non-hydrogen) atoms. The number of ketones is 2. The summed E-state index contributed by atoms with van der Waals surface area (Å²) >= 11 is 0. The third kappa shape index (κ3) is 13.6. The van der Waals surface area contributed by atoms with E-state index in [0.717, 1.165) is 49.7 Å². The van der Waals surface area contributed by atoms with Crippen LogP contribution in [0.2, 0.25) is 0 Å². The van der Waals surface area contributed by atoms with E-state index in [0.29, 0.717) is 38.8 Å². The summed E-state index contributed by atoms with van der Waals surface area (Å²) in [6.45, 7) is 4.08. The number of nitrogens with zero attached hydrogens (tertiary/aromatic N) is 2. The number of anilines is 1. The largest absolute Gasteiger partial charge is 0.399 e. The molecule has 17 heteroatoms. The highest BCUT2D eigenvalue weighted by Gasteiger charge is 2.41. The lowest BCUT2D eigenvalue weighted by Gasteiger charge is -2.32. The third-order valence-electron chi connectivity index (χ3n) is 15.3. The zero-order chi connectivity index (χ0) is 52.2. The minimum absolute atomic E-state index is 0.0126. The Labute approximate surface area is 429 Å². The smallest absolute Gasteiger partial charge is 0.245 e. The number of nitrogens with one attached hydrogen (secondary N) is 6. The molecule has 17 nitrogen and oxygen atoms in total. The van der Waals surface area contributed by atoms with Crippen LogP contribution in [0.4, 0.5) is 5.69 Å². The number of Topliss-reactive ketones (excluding diaryl/α,β-unsaturated/α-hetero) is 2. The first-order valence-corrected chi connectivity index (χ1v) is 26.5. The van der Waals surface area contributed by atoms with Crippen molar-refractivity contribution in [2.45, 2.75) is 165 Å². The number of nitrogens with two attached hydrogens (primary N) is 1. The van der Waals surface area contributed by atoms with Gasteiger partial charge in [0.2, 0.25) is 35.4 Å². The quantitative estimate of drug-likeness (QED) is 0.0545. The summed E-state index contributed by atoms with van der Waals surface area (Å²) in [5, 5.41) is 18.0. The van der Waals surface area contributed by atoms with Gasteiger partial charge in [-0.3, -0.25) is 38.4 Å². The zero-order valence-corrected chi connectivity index (χ0v) is 42.9. The number of likely N-dealkylation sites (tertiary alicyclic amines) is 2. The second-order valence-corrected chi connectivity index (χ2v) is 20.3. The van der Waals surface area contributed by atoms with Crippen LogP contribution in [0.25, 0.3) is 0 Å². The number of aryl methyl sites for hydroxylation is 2. The molecular formula is C56H75N9O8. The van der Waals surface area contributed by atoms with E-state index in [-0.39, 0.29) is 114 Å². The first-order valence-electron chi connectivity index (χ1n) is 26.5. The predicted molar refractivity (Wildman–Crippen MR) is 278 cm³/mol. The number of carbonyl (C=O) groups is 8. The van der Waals surface area contributed by atoms with Gasteiger partial charge < -0.3 is 47.4 Å². The van der Waals surface area contributed by atoms with Crippen LogP contribution in [0.1, 0.15) is 159 Å². The number of hydrogen-bond acceptors (Lipinski definition) is 11. The maximum atomic E-state index is 14.3. The fourth-order valence-electron chi connectivity index (χ4n) is 10.9. The number of amides is 6. The van der Waals surface area contributed by atoms with Crippen LogP contribution in [0.15, 0.2) is 66.7 Å². The molecule has 2 fully saturated rings. The van der Waals surface area contributed by atoms with Crippen LogP contribution >= 0.6 is 0 Å². The average Bonchev–Trinajstić information content (AvgIpc) is 4.11. The third-order valence-corrected chi connectivity index (χ3v) is 15.3. The minimum Gasteiger partial charge on any atom is -0.399 e. The molecule has 0 aromatic heterocycles. The Kier molecular flexibility index (Phi) is 18.9. The molecule has 0 bridgehead atoms. The molecule has 8 atom stereocenters. The zero-order valence-electron chi connectivity index (χ0n) is 42.9. The molecule has 2 heterocycles. The molecule has 3 aromatic carbocycles. The van der Waals surface area contributed by atoms with Crippen LogP contribution in [-0.4, -0.2) is 120 Å². The number of benzene rings is 3. The van der Waals surface area contributed by atoms with Crippen molar-refractivity contribution in [3.63, 3.8) is 0 Å². The van der Waals surface area contributed by atoms with Gasteiger partial charge in [-0.15, -0.1) is 0 Å². The predicted octanol–water partition coefficient (Wildman–Crippen LogP) is 4.53. The van der Waals surface area contributed by atoms with Crippen LogP contribution in [0.5, 0.6) is 0 Å². The monoisotopic (exact) mass is 1000 g/mol. The number of likely N-dealkylation sites (N-methyl/N-ethyl adjacent to an activating group) is 2. The van der Waals surface area contributed by atoms with Gasteiger partial charge >= 0.3 is 0 Å². The van der Waals surface area contributed by atoms with E-state index >= 15 is 0 Å². The number of carbonyl (C=O) groups excluding carboxylic acids is 8. The lowest BCUT2D eigenvalue weighted by Crippen LogP contribution is -2.55. The van der Waals surface area contributed by atoms with Gasteiger partial charge in [0.25, 0.3) is 0 Å². The average molecular weight is 1000 g/mol. The van der Waals surface area contributed by atoms with Crippen molar-refractivity contribution in [1.82, 2.24) is 41.7 Å². The van der Waals surface area contributed by atoms with Crippen molar-refractivity contribution in [2.75, 3.05) is 32.9 Å². The highest BCUT2D eigenvalue weighted by molar-refractivity contribution is 6.03. The molecule has 2 aliphatic heterocycles. The van der Waals surface area contributed by atoms with Crippen LogP contribution in [0.3, 0.4) is 0 Å². The van der Waals surface area contributed by atoms with Crippen molar-refractivity contribution in [3.8, 4) is 0 Å². The molecule has 6 amide bonds. The number of fused-ring (bicyclic) bond motifs is 2. The molecule has 7 rings (SSSR count). The molecule has 0 saturated carbocycles. The van der Waals surface area contributed by atoms with Gasteiger partial charge in [0.05, 0.1) is 24.2 Å². The standard InChI is InChI=1S/C56H75N9O8/c1-34(58-3)51(68)62-45(55(72)64-29-13-25-47(64)53(70)60-43-21-9-17-36-15-5-7-19-41(36)43)23-11-27-49(66)38-31-39(33-40(57)32-38)50(67)28-12-24-46(63-52(69)35(2)59-4)56(73)65-30-14-26-48(65)54(71)61-44-22-10-18-37-16-6-8-20-42(37)44/h5-8,15-16,19-20,31-35,43-48,58-59H,9-14,17-18,21-30,57H2,1-4H3,(H,60,70)(H,61,71)(H,62,68)(H,63,69)/t34-,35-,43+,44+,45-,46-,47-,48-/m0/s1. The Morgan fingerprint density at radius 3 is 1.40 bits per heavy atom. The van der Waals surface area contributed by atoms with Crippen LogP contribution < -0.4 is 37.6 Å². The summed E-state index contributed by atoms with van der Waals surface area (Å²) in [5.74, 6) is -2.60. The van der Waals surface area contributed by atoms with E-state index in [2.05, 4.69) is 44.0 Å². The van der Waals surface area contributed by atoms with Crippen molar-refractivity contribution < 1.29 is 38.4 Å². The van der Waals surface area contributed by atoms with Crippen molar-refractivity contribution >= 4 is 52.7 Å². The maximum Gasteiger partial charge on any atom is 0.245 e. The minimum atomic E-state index is -0.993. The molecule has 2 saturated heterocycles. The van der Waals surface area contributed by atoms with Gasteiger partial charge in [0, 0.05) is 42.7 Å². The summed E-state index contributed by atoms with van der Waals surface area (Å²) < 4.78 is 0. The van der Waals surface area contributed by atoms with E-state index in [4.69, 9.17) is 5.73 Å². The first kappa shape index (κ1) is 54.3. The van der Waals surface area contributed by atoms with E-state index in [9.17, 15) is 38.4 Å². The van der Waals surface area contributed by atoms with Gasteiger partial charge in [-0.05, 0) is 158 Å². The molecule has 4 aliphatic rings. The fourth-order valence-corrected chi connectivity index (χ4v) is 10.9. The van der Waals surface area contributed by atoms with Gasteiger partial charge in [-0.1, -0.05) is 48.5 Å². The van der Waals surface area contributed by atoms with Crippen LogP contribution in [-0.2, 0) is 41.6 Å². The first-order chi connectivity index (χ1) is 35.2. The normalized spacial score (nSPS) is 20.9. The SMILES string of the molecule is CN[C@@H](C)C(=O)N[C@@H](CCCC(=O)c1cc(N)cc(C(=O)CCC[C@H](NC(=O)[C@H](C)NC)C(=O)N2CCC[C@H]2C(=O)N[C@@H]2CCCc3ccccc32)c1)C(=O)N1CCC[C@H]1C(=O)N[C@@H]1CCCc2ccccc21. The topological polar surface area (TPSA) is 241 Å². The van der Waals surface area contributed by atoms with Crippen molar-refractivity contribution in [3.05, 3.63) is 100 Å². The lowest BCUT2D eigenvalue weighted by molar-refractivity contribution is -0.142. The van der Waals surface area contributed by atoms with Crippen molar-refractivity contribution in [2.24, 2.45) is 0 Å². The number of hydrogen-bond donors (Lipinski definition) is 7. The van der Waals surface area contributed by atoms with Crippen molar-refractivity contribution in [1.29, 1.82) is 0 Å². The summed E-state index contributed by atoms with van der Waals surface area (Å²) in [5.41, 5.74) is 11.5. The highest BCUT2D eigenvalue weighted by atomic mass is 16.2. The van der Waals surface area contributed by atoms with E-state index in [1.54, 1.807) is 37.7 Å². The Morgan fingerprint density at radius 1 is 0.575 bits per heavy atom. The second kappa shape index (κ2) is 25.5. The molecule has 3 aromatic rings. The maximum absolute atomic E-state index is 14.3. The van der Waals surface area contributed by atoms with Gasteiger partial charge in [0.15, 0.2) is 11.6 Å². The fraction of sp³-hybridized carbons (Fsp3) is 0.536. The number of rotatable bonds is 22. The molecule has 0 unspecified atom stereocenters. The Balaban J connectivity index is 0.959. The van der Waals surface area contributed by atoms with Gasteiger partial charge in [0.1, 0.15) is 24.2 Å². The van der Waals surface area contributed by atoms with Crippen LogP contribution in [0, 0.1) is 0 Å². The van der Waals surface area contributed by atoms with E-state index in [1.165, 1.54) is 29.3 Å². The molecule has 2 aliphatic carbocycles. The van der Waals surface area contributed by atoms with Gasteiger partial charge in [-0.25, -0.2) is 0 Å². The Morgan fingerprint density at radius 2 is 0.986 bits per heavy atom. The van der Waals surface area contributed by atoms with Gasteiger partial charge in [-0.2, -0.15) is 0 Å². The van der Waals surface area contributed by atoms with E-state index < -0.39 is 36.3 Å².